The van der Waals surface area contributed by atoms with Gasteiger partial charge in [0, 0.05) is 49.4 Å². The summed E-state index contributed by atoms with van der Waals surface area (Å²) in [7, 11) is 0. The van der Waals surface area contributed by atoms with Gasteiger partial charge in [-0.05, 0) is 43.4 Å². The van der Waals surface area contributed by atoms with E-state index in [9.17, 15) is 9.59 Å². The van der Waals surface area contributed by atoms with Crippen molar-refractivity contribution in [1.82, 2.24) is 20.5 Å². The van der Waals surface area contributed by atoms with Crippen LogP contribution in [-0.2, 0) is 11.3 Å². The number of nitrogens with one attached hydrogen (secondary N) is 2. The van der Waals surface area contributed by atoms with Crippen LogP contribution in [0.3, 0.4) is 0 Å². The van der Waals surface area contributed by atoms with Crippen LogP contribution in [0.5, 0.6) is 0 Å². The minimum Gasteiger partial charge on any atom is -0.352 e. The Bertz CT molecular complexity index is 659. The highest BCUT2D eigenvalue weighted by Crippen LogP contribution is 2.58. The van der Waals surface area contributed by atoms with Crippen LogP contribution in [0.25, 0.3) is 0 Å². The second-order valence-electron chi connectivity index (χ2n) is 8.15. The zero-order valence-electron chi connectivity index (χ0n) is 15.2. The summed E-state index contributed by atoms with van der Waals surface area (Å²) in [5.41, 5.74) is 1.08. The van der Waals surface area contributed by atoms with Crippen LogP contribution >= 0.6 is 0 Å². The fraction of sp³-hybridized carbons (Fsp3) is 0.650. The SMILES string of the molecule is O=C(NCc1ccncc1)[C@H]1C[C@]12CCN(C(=O)NC1CCCCC1)C2. The van der Waals surface area contributed by atoms with Crippen molar-refractivity contribution in [2.45, 2.75) is 57.5 Å². The van der Waals surface area contributed by atoms with Crippen molar-refractivity contribution in [2.75, 3.05) is 13.1 Å². The zero-order chi connectivity index (χ0) is 18.0. The highest BCUT2D eigenvalue weighted by atomic mass is 16.2. The van der Waals surface area contributed by atoms with E-state index in [1.165, 1.54) is 19.3 Å². The predicted octanol–water partition coefficient (Wildman–Crippen LogP) is 2.45. The number of pyridine rings is 1. The summed E-state index contributed by atoms with van der Waals surface area (Å²) < 4.78 is 0. The lowest BCUT2D eigenvalue weighted by Crippen LogP contribution is -2.44. The third kappa shape index (κ3) is 3.69. The van der Waals surface area contributed by atoms with Gasteiger partial charge in [0.1, 0.15) is 0 Å². The zero-order valence-corrected chi connectivity index (χ0v) is 15.2. The van der Waals surface area contributed by atoms with E-state index < -0.39 is 0 Å². The van der Waals surface area contributed by atoms with Crippen LogP contribution in [0.4, 0.5) is 4.79 Å². The first-order chi connectivity index (χ1) is 12.7. The topological polar surface area (TPSA) is 74.3 Å². The normalized spacial score (nSPS) is 28.2. The molecule has 2 heterocycles. The average molecular weight is 356 g/mol. The van der Waals surface area contributed by atoms with E-state index in [2.05, 4.69) is 15.6 Å². The van der Waals surface area contributed by atoms with E-state index in [4.69, 9.17) is 0 Å². The van der Waals surface area contributed by atoms with Crippen LogP contribution < -0.4 is 10.6 Å². The molecular formula is C20H28N4O2. The molecule has 1 spiro atoms. The van der Waals surface area contributed by atoms with Crippen LogP contribution in [0.2, 0.25) is 0 Å². The monoisotopic (exact) mass is 356 g/mol. The Morgan fingerprint density at radius 1 is 1.19 bits per heavy atom. The van der Waals surface area contributed by atoms with Crippen molar-refractivity contribution < 1.29 is 9.59 Å². The molecule has 6 nitrogen and oxygen atoms in total. The Morgan fingerprint density at radius 2 is 1.96 bits per heavy atom. The van der Waals surface area contributed by atoms with Gasteiger partial charge in [0.25, 0.3) is 0 Å². The molecule has 140 valence electrons. The van der Waals surface area contributed by atoms with Gasteiger partial charge in [0.15, 0.2) is 0 Å². The van der Waals surface area contributed by atoms with E-state index >= 15 is 0 Å². The lowest BCUT2D eigenvalue weighted by atomic mass is 9.96. The maximum absolute atomic E-state index is 12.5. The molecule has 26 heavy (non-hydrogen) atoms. The Kier molecular flexibility index (Phi) is 4.83. The number of nitrogens with zero attached hydrogens (tertiary/aromatic N) is 2. The molecule has 2 saturated carbocycles. The summed E-state index contributed by atoms with van der Waals surface area (Å²) >= 11 is 0. The number of hydrogen-bond donors (Lipinski definition) is 2. The van der Waals surface area contributed by atoms with Crippen molar-refractivity contribution in [3.63, 3.8) is 0 Å². The summed E-state index contributed by atoms with van der Waals surface area (Å²) in [5.74, 6) is 0.174. The number of amides is 3. The van der Waals surface area contributed by atoms with Gasteiger partial charge in [-0.1, -0.05) is 19.3 Å². The smallest absolute Gasteiger partial charge is 0.317 e. The molecule has 3 fully saturated rings. The highest BCUT2D eigenvalue weighted by Gasteiger charge is 2.61. The standard InChI is InChI=1S/C20H28N4O2/c25-18(22-13-15-6-9-21-10-7-15)17-12-20(17)8-11-24(14-20)19(26)23-16-4-2-1-3-5-16/h6-7,9-10,16-17H,1-5,8,11-14H2,(H,22,25)(H,23,26)/t17-,20+/m1/s1. The Labute approximate surface area is 154 Å². The van der Waals surface area contributed by atoms with Gasteiger partial charge in [0.05, 0.1) is 0 Å². The summed E-state index contributed by atoms with van der Waals surface area (Å²) in [6, 6.07) is 4.23. The average Bonchev–Trinajstić information content (AvgIpc) is 3.21. The third-order valence-electron chi connectivity index (χ3n) is 6.33. The van der Waals surface area contributed by atoms with Gasteiger partial charge in [-0.3, -0.25) is 9.78 Å². The maximum Gasteiger partial charge on any atom is 0.317 e. The number of hydrogen-bond acceptors (Lipinski definition) is 3. The number of aromatic nitrogens is 1. The van der Waals surface area contributed by atoms with E-state index in [1.54, 1.807) is 12.4 Å². The molecule has 2 aliphatic carbocycles. The molecule has 1 aliphatic heterocycles. The first kappa shape index (κ1) is 17.3. The summed E-state index contributed by atoms with van der Waals surface area (Å²) in [6.45, 7) is 2.03. The van der Waals surface area contributed by atoms with Gasteiger partial charge in [-0.15, -0.1) is 0 Å². The van der Waals surface area contributed by atoms with E-state index in [-0.39, 0.29) is 23.3 Å². The molecular weight excluding hydrogens is 328 g/mol. The molecule has 1 aromatic heterocycles. The molecule has 2 atom stereocenters. The predicted molar refractivity (Wildman–Crippen MR) is 98.2 cm³/mol. The molecule has 0 bridgehead atoms. The van der Waals surface area contributed by atoms with Crippen molar-refractivity contribution in [1.29, 1.82) is 0 Å². The molecule has 3 amide bonds. The van der Waals surface area contributed by atoms with Crippen molar-refractivity contribution >= 4 is 11.9 Å². The molecule has 0 radical (unpaired) electrons. The maximum atomic E-state index is 12.5. The molecule has 1 aromatic rings. The van der Waals surface area contributed by atoms with Crippen molar-refractivity contribution in [3.8, 4) is 0 Å². The second kappa shape index (κ2) is 7.25. The van der Waals surface area contributed by atoms with Gasteiger partial charge in [-0.2, -0.15) is 0 Å². The van der Waals surface area contributed by atoms with Crippen LogP contribution in [0.1, 0.15) is 50.5 Å². The van der Waals surface area contributed by atoms with Crippen molar-refractivity contribution in [2.24, 2.45) is 11.3 Å². The summed E-state index contributed by atoms with van der Waals surface area (Å²) in [6.07, 6.45) is 11.2. The quantitative estimate of drug-likeness (QED) is 0.870. The Balaban J connectivity index is 1.24. The van der Waals surface area contributed by atoms with Crippen LogP contribution in [-0.4, -0.2) is 41.0 Å². The second-order valence-corrected chi connectivity index (χ2v) is 8.15. The number of likely N-dealkylation sites (tertiary alicyclic amines) is 1. The minimum absolute atomic E-state index is 0.0201. The van der Waals surface area contributed by atoms with Gasteiger partial charge < -0.3 is 15.5 Å². The molecule has 4 rings (SSSR count). The van der Waals surface area contributed by atoms with E-state index in [0.717, 1.165) is 44.3 Å². The minimum atomic E-state index is 0.0201. The molecule has 0 aromatic carbocycles. The van der Waals surface area contributed by atoms with Crippen LogP contribution in [0.15, 0.2) is 24.5 Å². The van der Waals surface area contributed by atoms with E-state index in [0.29, 0.717) is 12.6 Å². The number of carbonyl (C=O) groups excluding carboxylic acids is 2. The lowest BCUT2D eigenvalue weighted by molar-refractivity contribution is -0.123. The van der Waals surface area contributed by atoms with Crippen LogP contribution in [0, 0.1) is 11.3 Å². The Hall–Kier alpha value is -2.11. The highest BCUT2D eigenvalue weighted by molar-refractivity contribution is 5.83. The summed E-state index contributed by atoms with van der Waals surface area (Å²) in [4.78, 5) is 30.9. The molecule has 2 N–H and O–H groups in total. The lowest BCUT2D eigenvalue weighted by Gasteiger charge is -2.26. The third-order valence-corrected chi connectivity index (χ3v) is 6.33. The fourth-order valence-electron chi connectivity index (χ4n) is 4.56. The number of rotatable bonds is 4. The molecule has 3 aliphatic rings. The number of urea groups is 1. The Morgan fingerprint density at radius 3 is 2.73 bits per heavy atom. The van der Waals surface area contributed by atoms with Gasteiger partial charge in [0.2, 0.25) is 5.91 Å². The van der Waals surface area contributed by atoms with Gasteiger partial charge in [-0.25, -0.2) is 4.79 Å². The van der Waals surface area contributed by atoms with Crippen molar-refractivity contribution in [3.05, 3.63) is 30.1 Å². The first-order valence-electron chi connectivity index (χ1n) is 9.88. The molecule has 6 heteroatoms. The largest absolute Gasteiger partial charge is 0.352 e. The molecule has 0 unspecified atom stereocenters. The fourth-order valence-corrected chi connectivity index (χ4v) is 4.56. The summed E-state index contributed by atoms with van der Waals surface area (Å²) in [5, 5.41) is 6.23. The first-order valence-corrected chi connectivity index (χ1v) is 9.88. The number of carbonyl (C=O) groups is 2. The van der Waals surface area contributed by atoms with E-state index in [1.807, 2.05) is 17.0 Å². The molecule has 1 saturated heterocycles. The van der Waals surface area contributed by atoms with Gasteiger partial charge >= 0.3 is 6.03 Å².